The van der Waals surface area contributed by atoms with Crippen LogP contribution >= 0.6 is 0 Å². The number of hydrogen-bond acceptors (Lipinski definition) is 4. The topological polar surface area (TPSA) is 54.5 Å². The first-order valence-electron chi connectivity index (χ1n) is 7.02. The third kappa shape index (κ3) is 4.49. The van der Waals surface area contributed by atoms with E-state index in [1.807, 2.05) is 38.7 Å². The number of aryl methyl sites for hydroxylation is 1. The zero-order valence-electron chi connectivity index (χ0n) is 13.1. The molecule has 5 heteroatoms. The summed E-state index contributed by atoms with van der Waals surface area (Å²) in [4.78, 5) is 18.8. The number of ether oxygens (including phenoxy) is 1. The third-order valence-corrected chi connectivity index (χ3v) is 2.98. The van der Waals surface area contributed by atoms with Crippen LogP contribution in [0.2, 0.25) is 0 Å². The second-order valence-corrected chi connectivity index (χ2v) is 5.00. The Morgan fingerprint density at radius 1 is 1.45 bits per heavy atom. The van der Waals surface area contributed by atoms with E-state index in [4.69, 9.17) is 4.74 Å². The number of amides is 1. The molecule has 20 heavy (non-hydrogen) atoms. The molecule has 1 rings (SSSR count). The maximum absolute atomic E-state index is 12.6. The normalized spacial score (nSPS) is 10.7. The number of rotatable bonds is 7. The van der Waals surface area contributed by atoms with E-state index in [1.165, 1.54) is 0 Å². The van der Waals surface area contributed by atoms with Crippen LogP contribution in [0, 0.1) is 6.92 Å². The number of aromatic nitrogens is 1. The maximum Gasteiger partial charge on any atom is 0.254 e. The van der Waals surface area contributed by atoms with E-state index < -0.39 is 0 Å². The van der Waals surface area contributed by atoms with Gasteiger partial charge in [-0.2, -0.15) is 0 Å². The molecule has 5 nitrogen and oxygen atoms in total. The molecule has 0 atom stereocenters. The van der Waals surface area contributed by atoms with E-state index >= 15 is 0 Å². The first-order chi connectivity index (χ1) is 9.49. The van der Waals surface area contributed by atoms with Crippen LogP contribution in [0.15, 0.2) is 12.1 Å². The molecular weight excluding hydrogens is 254 g/mol. The van der Waals surface area contributed by atoms with Gasteiger partial charge in [-0.25, -0.2) is 4.98 Å². The summed E-state index contributed by atoms with van der Waals surface area (Å²) < 4.78 is 5.08. The summed E-state index contributed by atoms with van der Waals surface area (Å²) in [6, 6.07) is 3.76. The van der Waals surface area contributed by atoms with Crippen molar-refractivity contribution in [3.05, 3.63) is 23.4 Å². The Morgan fingerprint density at radius 2 is 2.15 bits per heavy atom. The number of pyridine rings is 1. The number of nitrogens with one attached hydrogen (secondary N) is 1. The lowest BCUT2D eigenvalue weighted by Gasteiger charge is -2.26. The van der Waals surface area contributed by atoms with Crippen LogP contribution in [0.3, 0.4) is 0 Å². The molecule has 0 aliphatic heterocycles. The summed E-state index contributed by atoms with van der Waals surface area (Å²) in [5, 5.41) is 3.15. The Hall–Kier alpha value is -1.62. The van der Waals surface area contributed by atoms with Gasteiger partial charge in [0.25, 0.3) is 5.91 Å². The lowest BCUT2D eigenvalue weighted by atomic mass is 10.1. The quantitative estimate of drug-likeness (QED) is 0.832. The predicted octanol–water partition coefficient (Wildman–Crippen LogP) is 2.32. The van der Waals surface area contributed by atoms with Crippen molar-refractivity contribution in [2.45, 2.75) is 33.7 Å². The van der Waals surface area contributed by atoms with E-state index in [9.17, 15) is 4.79 Å². The molecule has 112 valence electrons. The third-order valence-electron chi connectivity index (χ3n) is 2.98. The number of carbonyl (C=O) groups is 1. The van der Waals surface area contributed by atoms with Gasteiger partial charge in [0.1, 0.15) is 5.82 Å². The van der Waals surface area contributed by atoms with Gasteiger partial charge in [0.2, 0.25) is 0 Å². The van der Waals surface area contributed by atoms with Crippen LogP contribution < -0.4 is 5.32 Å². The van der Waals surface area contributed by atoms with Gasteiger partial charge < -0.3 is 15.0 Å². The summed E-state index contributed by atoms with van der Waals surface area (Å²) in [5.41, 5.74) is 1.50. The van der Waals surface area contributed by atoms with Crippen molar-refractivity contribution in [1.29, 1.82) is 0 Å². The molecule has 0 bridgehead atoms. The SMILES string of the molecule is CCNc1cc(C(=O)N(CCOC)C(C)C)cc(C)n1. The fraction of sp³-hybridized carbons (Fsp3) is 0.600. The van der Waals surface area contributed by atoms with Crippen LogP contribution in [0.1, 0.15) is 36.8 Å². The number of anilines is 1. The van der Waals surface area contributed by atoms with Gasteiger partial charge in [-0.05, 0) is 39.8 Å². The molecule has 1 amide bonds. The molecule has 1 aromatic rings. The van der Waals surface area contributed by atoms with Crippen molar-refractivity contribution in [3.63, 3.8) is 0 Å². The zero-order chi connectivity index (χ0) is 15.1. The average molecular weight is 279 g/mol. The van der Waals surface area contributed by atoms with Crippen LogP contribution in [0.5, 0.6) is 0 Å². The summed E-state index contributed by atoms with van der Waals surface area (Å²) in [6.07, 6.45) is 0. The maximum atomic E-state index is 12.6. The highest BCUT2D eigenvalue weighted by molar-refractivity contribution is 5.95. The van der Waals surface area contributed by atoms with Crippen molar-refractivity contribution in [2.75, 3.05) is 32.1 Å². The number of carbonyl (C=O) groups excluding carboxylic acids is 1. The van der Waals surface area contributed by atoms with Crippen molar-refractivity contribution in [2.24, 2.45) is 0 Å². The lowest BCUT2D eigenvalue weighted by Crippen LogP contribution is -2.39. The molecule has 0 fully saturated rings. The van der Waals surface area contributed by atoms with Gasteiger partial charge in [-0.15, -0.1) is 0 Å². The van der Waals surface area contributed by atoms with E-state index in [0.29, 0.717) is 18.7 Å². The molecule has 1 aromatic heterocycles. The second kappa shape index (κ2) is 7.85. The minimum Gasteiger partial charge on any atom is -0.383 e. The van der Waals surface area contributed by atoms with Gasteiger partial charge in [-0.1, -0.05) is 0 Å². The van der Waals surface area contributed by atoms with Gasteiger partial charge in [0.15, 0.2) is 0 Å². The summed E-state index contributed by atoms with van der Waals surface area (Å²) in [5.74, 6) is 0.757. The largest absolute Gasteiger partial charge is 0.383 e. The Bertz CT molecular complexity index is 447. The molecular formula is C15H25N3O2. The van der Waals surface area contributed by atoms with Gasteiger partial charge in [0.05, 0.1) is 6.61 Å². The Labute approximate surface area is 121 Å². The number of hydrogen-bond donors (Lipinski definition) is 1. The standard InChI is InChI=1S/C15H25N3O2/c1-6-16-14-10-13(9-12(4)17-14)15(19)18(11(2)3)7-8-20-5/h9-11H,6-8H2,1-5H3,(H,16,17). The zero-order valence-corrected chi connectivity index (χ0v) is 13.1. The molecule has 1 N–H and O–H groups in total. The summed E-state index contributed by atoms with van der Waals surface area (Å²) in [6.45, 7) is 9.82. The van der Waals surface area contributed by atoms with Gasteiger partial charge in [0, 0.05) is 37.5 Å². The van der Waals surface area contributed by atoms with Crippen molar-refractivity contribution < 1.29 is 9.53 Å². The highest BCUT2D eigenvalue weighted by Crippen LogP contribution is 2.14. The molecule has 0 aliphatic rings. The van der Waals surface area contributed by atoms with Gasteiger partial charge in [-0.3, -0.25) is 4.79 Å². The van der Waals surface area contributed by atoms with Crippen molar-refractivity contribution in [3.8, 4) is 0 Å². The van der Waals surface area contributed by atoms with Gasteiger partial charge >= 0.3 is 0 Å². The summed E-state index contributed by atoms with van der Waals surface area (Å²) in [7, 11) is 1.64. The fourth-order valence-electron chi connectivity index (χ4n) is 2.01. The minimum atomic E-state index is 0.0155. The van der Waals surface area contributed by atoms with Crippen molar-refractivity contribution >= 4 is 11.7 Å². The number of methoxy groups -OCH3 is 1. The monoisotopic (exact) mass is 279 g/mol. The van der Waals surface area contributed by atoms with Crippen LogP contribution in [-0.2, 0) is 4.74 Å². The molecule has 0 aliphatic carbocycles. The van der Waals surface area contributed by atoms with Crippen LogP contribution in [0.25, 0.3) is 0 Å². The van der Waals surface area contributed by atoms with E-state index in [0.717, 1.165) is 18.1 Å². The molecule has 0 saturated heterocycles. The van der Waals surface area contributed by atoms with E-state index in [-0.39, 0.29) is 11.9 Å². The minimum absolute atomic E-state index is 0.0155. The predicted molar refractivity (Wildman–Crippen MR) is 81.2 cm³/mol. The van der Waals surface area contributed by atoms with E-state index in [2.05, 4.69) is 10.3 Å². The Kier molecular flexibility index (Phi) is 6.45. The number of nitrogens with zero attached hydrogens (tertiary/aromatic N) is 2. The molecule has 0 spiro atoms. The van der Waals surface area contributed by atoms with E-state index in [1.54, 1.807) is 13.2 Å². The molecule has 0 saturated carbocycles. The molecule has 0 aromatic carbocycles. The second-order valence-electron chi connectivity index (χ2n) is 5.00. The van der Waals surface area contributed by atoms with Crippen LogP contribution in [0.4, 0.5) is 5.82 Å². The van der Waals surface area contributed by atoms with Crippen molar-refractivity contribution in [1.82, 2.24) is 9.88 Å². The molecule has 0 unspecified atom stereocenters. The highest BCUT2D eigenvalue weighted by Gasteiger charge is 2.19. The molecule has 1 heterocycles. The van der Waals surface area contributed by atoms with Crippen LogP contribution in [-0.4, -0.2) is 48.6 Å². The average Bonchev–Trinajstić information content (AvgIpc) is 2.38. The smallest absolute Gasteiger partial charge is 0.254 e. The highest BCUT2D eigenvalue weighted by atomic mass is 16.5. The summed E-state index contributed by atoms with van der Waals surface area (Å²) >= 11 is 0. The lowest BCUT2D eigenvalue weighted by molar-refractivity contribution is 0.0635. The molecule has 0 radical (unpaired) electrons. The Balaban J connectivity index is 2.98. The first kappa shape index (κ1) is 16.4. The Morgan fingerprint density at radius 3 is 2.70 bits per heavy atom. The fourth-order valence-corrected chi connectivity index (χ4v) is 2.01. The first-order valence-corrected chi connectivity index (χ1v) is 7.02.